The van der Waals surface area contributed by atoms with Crippen LogP contribution in [0.3, 0.4) is 0 Å². The van der Waals surface area contributed by atoms with E-state index in [0.717, 1.165) is 51.2 Å². The molecule has 5 heteroatoms. The highest BCUT2D eigenvalue weighted by molar-refractivity contribution is 5.62. The molecule has 0 aliphatic carbocycles. The molecule has 0 saturated carbocycles. The van der Waals surface area contributed by atoms with Crippen molar-refractivity contribution in [2.75, 3.05) is 26.8 Å². The summed E-state index contributed by atoms with van der Waals surface area (Å²) in [4.78, 5) is 2.46. The molecule has 0 radical (unpaired) electrons. The minimum atomic E-state index is -0.0517. The van der Waals surface area contributed by atoms with Gasteiger partial charge in [-0.15, -0.1) is 0 Å². The third-order valence-electron chi connectivity index (χ3n) is 5.45. The van der Waals surface area contributed by atoms with E-state index < -0.39 is 0 Å². The SMILES string of the molecule is CO[C@H]1CN(Cc2cn[nH]c2-c2ccccc2)CC[C@@]12CCCO2. The molecule has 2 fully saturated rings. The molecule has 1 aromatic heterocycles. The maximum Gasteiger partial charge on any atom is 0.0987 e. The second-order valence-electron chi connectivity index (χ2n) is 6.86. The summed E-state index contributed by atoms with van der Waals surface area (Å²) in [6.07, 6.45) is 5.42. The Morgan fingerprint density at radius 2 is 2.21 bits per heavy atom. The summed E-state index contributed by atoms with van der Waals surface area (Å²) in [6.45, 7) is 3.71. The van der Waals surface area contributed by atoms with Gasteiger partial charge in [-0.2, -0.15) is 5.10 Å². The second kappa shape index (κ2) is 6.67. The van der Waals surface area contributed by atoms with Crippen LogP contribution in [-0.4, -0.2) is 53.6 Å². The number of hydrogen-bond acceptors (Lipinski definition) is 4. The molecule has 0 unspecified atom stereocenters. The lowest BCUT2D eigenvalue weighted by molar-refractivity contribution is -0.143. The first-order valence-electron chi connectivity index (χ1n) is 8.77. The van der Waals surface area contributed by atoms with Gasteiger partial charge in [0.25, 0.3) is 0 Å². The molecular formula is C19H25N3O2. The number of benzene rings is 1. The van der Waals surface area contributed by atoms with E-state index in [1.165, 1.54) is 11.1 Å². The fourth-order valence-electron chi connectivity index (χ4n) is 4.13. The first-order chi connectivity index (χ1) is 11.8. The van der Waals surface area contributed by atoms with Gasteiger partial charge in [-0.05, 0) is 24.8 Å². The van der Waals surface area contributed by atoms with E-state index in [9.17, 15) is 0 Å². The Morgan fingerprint density at radius 1 is 1.33 bits per heavy atom. The average Bonchev–Trinajstić information content (AvgIpc) is 3.28. The first kappa shape index (κ1) is 15.8. The predicted octanol–water partition coefficient (Wildman–Crippen LogP) is 2.85. The molecule has 2 aliphatic rings. The molecule has 1 aromatic carbocycles. The average molecular weight is 327 g/mol. The second-order valence-corrected chi connectivity index (χ2v) is 6.86. The minimum Gasteiger partial charge on any atom is -0.377 e. The fourth-order valence-corrected chi connectivity index (χ4v) is 4.13. The highest BCUT2D eigenvalue weighted by atomic mass is 16.5. The molecule has 4 rings (SSSR count). The summed E-state index contributed by atoms with van der Waals surface area (Å²) < 4.78 is 11.9. The van der Waals surface area contributed by atoms with Gasteiger partial charge in [0.1, 0.15) is 0 Å². The van der Waals surface area contributed by atoms with Crippen molar-refractivity contribution in [2.45, 2.75) is 37.5 Å². The van der Waals surface area contributed by atoms with Gasteiger partial charge in [0, 0.05) is 38.9 Å². The molecule has 5 nitrogen and oxygen atoms in total. The lowest BCUT2D eigenvalue weighted by atomic mass is 9.85. The molecular weight excluding hydrogens is 302 g/mol. The van der Waals surface area contributed by atoms with Gasteiger partial charge in [0.05, 0.1) is 23.6 Å². The monoisotopic (exact) mass is 327 g/mol. The molecule has 1 spiro atoms. The maximum atomic E-state index is 6.09. The molecule has 1 N–H and O–H groups in total. The molecule has 0 bridgehead atoms. The summed E-state index contributed by atoms with van der Waals surface area (Å²) >= 11 is 0. The van der Waals surface area contributed by atoms with Gasteiger partial charge < -0.3 is 9.47 Å². The largest absolute Gasteiger partial charge is 0.377 e. The van der Waals surface area contributed by atoms with Crippen LogP contribution in [0.25, 0.3) is 11.3 Å². The van der Waals surface area contributed by atoms with Gasteiger partial charge in [0.15, 0.2) is 0 Å². The van der Waals surface area contributed by atoms with Crippen LogP contribution in [0.15, 0.2) is 36.5 Å². The molecule has 2 atom stereocenters. The Labute approximate surface area is 143 Å². The predicted molar refractivity (Wildman–Crippen MR) is 92.6 cm³/mol. The lowest BCUT2D eigenvalue weighted by Crippen LogP contribution is -2.55. The van der Waals surface area contributed by atoms with Crippen LogP contribution in [0.4, 0.5) is 0 Å². The number of methoxy groups -OCH3 is 1. The number of nitrogens with one attached hydrogen (secondary N) is 1. The topological polar surface area (TPSA) is 50.4 Å². The van der Waals surface area contributed by atoms with Crippen molar-refractivity contribution in [2.24, 2.45) is 0 Å². The quantitative estimate of drug-likeness (QED) is 0.938. The van der Waals surface area contributed by atoms with Gasteiger partial charge >= 0.3 is 0 Å². The number of likely N-dealkylation sites (tertiary alicyclic amines) is 1. The number of aromatic nitrogens is 2. The number of rotatable bonds is 4. The molecule has 3 heterocycles. The zero-order valence-electron chi connectivity index (χ0n) is 14.2. The van der Waals surface area contributed by atoms with E-state index in [2.05, 4.69) is 39.4 Å². The highest BCUT2D eigenvalue weighted by Crippen LogP contribution is 2.38. The third-order valence-corrected chi connectivity index (χ3v) is 5.45. The van der Waals surface area contributed by atoms with Crippen molar-refractivity contribution in [3.05, 3.63) is 42.1 Å². The van der Waals surface area contributed by atoms with Crippen molar-refractivity contribution < 1.29 is 9.47 Å². The maximum absolute atomic E-state index is 6.09. The zero-order valence-corrected chi connectivity index (χ0v) is 14.2. The van der Waals surface area contributed by atoms with Gasteiger partial charge in [-0.25, -0.2) is 0 Å². The molecule has 2 saturated heterocycles. The van der Waals surface area contributed by atoms with Crippen LogP contribution in [-0.2, 0) is 16.0 Å². The van der Waals surface area contributed by atoms with E-state index in [4.69, 9.17) is 9.47 Å². The van der Waals surface area contributed by atoms with Crippen molar-refractivity contribution in [3.8, 4) is 11.3 Å². The fraction of sp³-hybridized carbons (Fsp3) is 0.526. The lowest BCUT2D eigenvalue weighted by Gasteiger charge is -2.44. The van der Waals surface area contributed by atoms with Crippen molar-refractivity contribution in [3.63, 3.8) is 0 Å². The Bertz CT molecular complexity index is 664. The number of H-pyrrole nitrogens is 1. The van der Waals surface area contributed by atoms with Crippen LogP contribution in [0.5, 0.6) is 0 Å². The van der Waals surface area contributed by atoms with E-state index in [1.54, 1.807) is 0 Å². The normalized spacial score (nSPS) is 27.8. The Hall–Kier alpha value is -1.69. The van der Waals surface area contributed by atoms with E-state index in [0.29, 0.717) is 0 Å². The smallest absolute Gasteiger partial charge is 0.0987 e. The minimum absolute atomic E-state index is 0.0517. The van der Waals surface area contributed by atoms with E-state index in [1.807, 2.05) is 19.4 Å². The van der Waals surface area contributed by atoms with E-state index >= 15 is 0 Å². The number of ether oxygens (including phenoxy) is 2. The molecule has 128 valence electrons. The Balaban J connectivity index is 1.48. The van der Waals surface area contributed by atoms with Crippen LogP contribution in [0.2, 0.25) is 0 Å². The molecule has 24 heavy (non-hydrogen) atoms. The summed E-state index contributed by atoms with van der Waals surface area (Å²) in [5, 5.41) is 7.42. The summed E-state index contributed by atoms with van der Waals surface area (Å²) in [5.74, 6) is 0. The summed E-state index contributed by atoms with van der Waals surface area (Å²) in [6, 6.07) is 10.4. The number of hydrogen-bond donors (Lipinski definition) is 1. The van der Waals surface area contributed by atoms with Crippen LogP contribution in [0.1, 0.15) is 24.8 Å². The molecule has 2 aliphatic heterocycles. The van der Waals surface area contributed by atoms with Crippen molar-refractivity contribution in [1.29, 1.82) is 0 Å². The van der Waals surface area contributed by atoms with Gasteiger partial charge in [-0.1, -0.05) is 30.3 Å². The van der Waals surface area contributed by atoms with Gasteiger partial charge in [-0.3, -0.25) is 10.00 Å². The third kappa shape index (κ3) is 2.88. The van der Waals surface area contributed by atoms with E-state index in [-0.39, 0.29) is 11.7 Å². The van der Waals surface area contributed by atoms with Crippen LogP contribution in [0, 0.1) is 0 Å². The Morgan fingerprint density at radius 3 is 2.96 bits per heavy atom. The van der Waals surface area contributed by atoms with Crippen molar-refractivity contribution >= 4 is 0 Å². The highest BCUT2D eigenvalue weighted by Gasteiger charge is 2.46. The first-order valence-corrected chi connectivity index (χ1v) is 8.77. The van der Waals surface area contributed by atoms with Gasteiger partial charge in [0.2, 0.25) is 0 Å². The standard InChI is InChI=1S/C19H25N3O2/c1-23-17-14-22(10-9-19(17)8-5-11-24-19)13-16-12-20-21-18(16)15-6-3-2-4-7-15/h2-4,6-7,12,17H,5,8-11,13-14H2,1H3,(H,20,21)/t17-,19-/m0/s1. The number of nitrogens with zero attached hydrogens (tertiary/aromatic N) is 2. The molecule has 2 aromatic rings. The summed E-state index contributed by atoms with van der Waals surface area (Å²) in [5.41, 5.74) is 3.48. The van der Waals surface area contributed by atoms with Crippen LogP contribution >= 0.6 is 0 Å². The molecule has 0 amide bonds. The van der Waals surface area contributed by atoms with Crippen LogP contribution < -0.4 is 0 Å². The summed E-state index contributed by atoms with van der Waals surface area (Å²) in [7, 11) is 1.81. The van der Waals surface area contributed by atoms with Crippen molar-refractivity contribution in [1.82, 2.24) is 15.1 Å². The Kier molecular flexibility index (Phi) is 4.39. The zero-order chi connectivity index (χ0) is 16.4. The number of piperidine rings is 1. The number of aromatic amines is 1.